The second-order valence-corrected chi connectivity index (χ2v) is 5.04. The van der Waals surface area contributed by atoms with Crippen molar-refractivity contribution < 1.29 is 9.53 Å². The van der Waals surface area contributed by atoms with Crippen LogP contribution in [0.2, 0.25) is 0 Å². The molecule has 4 heteroatoms. The molecule has 1 saturated heterocycles. The third kappa shape index (κ3) is 3.80. The number of rotatable bonds is 3. The maximum atomic E-state index is 11.6. The molecule has 0 aromatic heterocycles. The monoisotopic (exact) mass is 214 g/mol. The first-order valence-electron chi connectivity index (χ1n) is 5.61. The van der Waals surface area contributed by atoms with Gasteiger partial charge in [-0.15, -0.1) is 0 Å². The Morgan fingerprint density at radius 1 is 1.53 bits per heavy atom. The highest BCUT2D eigenvalue weighted by atomic mass is 16.6. The molecule has 2 atom stereocenters. The molecule has 0 bridgehead atoms. The maximum absolute atomic E-state index is 11.6. The SMILES string of the molecule is CCN[C@H]1CNC(OC(=O)C(C)(C)C)C1. The molecule has 0 aromatic carbocycles. The number of carbonyl (C=O) groups excluding carboxylic acids is 1. The fraction of sp³-hybridized carbons (Fsp3) is 0.909. The average Bonchev–Trinajstić information content (AvgIpc) is 2.51. The van der Waals surface area contributed by atoms with Crippen LogP contribution in [0.5, 0.6) is 0 Å². The van der Waals surface area contributed by atoms with E-state index >= 15 is 0 Å². The summed E-state index contributed by atoms with van der Waals surface area (Å²) in [6.07, 6.45) is 0.733. The zero-order valence-electron chi connectivity index (χ0n) is 10.1. The van der Waals surface area contributed by atoms with E-state index in [4.69, 9.17) is 4.74 Å². The van der Waals surface area contributed by atoms with Crippen molar-refractivity contribution in [3.05, 3.63) is 0 Å². The molecule has 0 saturated carbocycles. The molecule has 1 unspecified atom stereocenters. The van der Waals surface area contributed by atoms with Crippen LogP contribution in [0.4, 0.5) is 0 Å². The summed E-state index contributed by atoms with van der Waals surface area (Å²) in [5.74, 6) is -0.142. The minimum atomic E-state index is -0.419. The molecule has 1 fully saturated rings. The molecule has 0 radical (unpaired) electrons. The van der Waals surface area contributed by atoms with Crippen LogP contribution in [-0.4, -0.2) is 31.3 Å². The number of esters is 1. The molecule has 0 aliphatic carbocycles. The van der Waals surface area contributed by atoms with Crippen LogP contribution in [0.25, 0.3) is 0 Å². The molecule has 1 aliphatic rings. The zero-order chi connectivity index (χ0) is 11.5. The summed E-state index contributed by atoms with van der Waals surface area (Å²) >= 11 is 0. The summed E-state index contributed by atoms with van der Waals surface area (Å²) in [5, 5.41) is 6.52. The molecule has 0 amide bonds. The molecular formula is C11H22N2O2. The fourth-order valence-corrected chi connectivity index (χ4v) is 1.54. The summed E-state index contributed by atoms with van der Waals surface area (Å²) in [7, 11) is 0. The Balaban J connectivity index is 2.33. The summed E-state index contributed by atoms with van der Waals surface area (Å²) in [4.78, 5) is 11.6. The first-order chi connectivity index (χ1) is 6.93. The van der Waals surface area contributed by atoms with Crippen LogP contribution in [0.3, 0.4) is 0 Å². The zero-order valence-corrected chi connectivity index (χ0v) is 10.1. The van der Waals surface area contributed by atoms with E-state index in [1.54, 1.807) is 0 Å². The van der Waals surface area contributed by atoms with E-state index in [0.29, 0.717) is 6.04 Å². The van der Waals surface area contributed by atoms with Crippen molar-refractivity contribution in [1.29, 1.82) is 0 Å². The maximum Gasteiger partial charge on any atom is 0.312 e. The van der Waals surface area contributed by atoms with Crippen molar-refractivity contribution in [3.8, 4) is 0 Å². The predicted molar refractivity (Wildman–Crippen MR) is 59.4 cm³/mol. The van der Waals surface area contributed by atoms with Crippen LogP contribution >= 0.6 is 0 Å². The number of hydrogen-bond donors (Lipinski definition) is 2. The molecule has 88 valence electrons. The lowest BCUT2D eigenvalue weighted by Gasteiger charge is -2.20. The highest BCUT2D eigenvalue weighted by Gasteiger charge is 2.30. The molecule has 2 N–H and O–H groups in total. The van der Waals surface area contributed by atoms with Crippen LogP contribution < -0.4 is 10.6 Å². The molecule has 4 nitrogen and oxygen atoms in total. The third-order valence-corrected chi connectivity index (χ3v) is 2.44. The minimum absolute atomic E-state index is 0.124. The van der Waals surface area contributed by atoms with E-state index < -0.39 is 5.41 Å². The number of likely N-dealkylation sites (N-methyl/N-ethyl adjacent to an activating group) is 1. The van der Waals surface area contributed by atoms with Gasteiger partial charge < -0.3 is 10.1 Å². The van der Waals surface area contributed by atoms with Crippen molar-refractivity contribution in [1.82, 2.24) is 10.6 Å². The van der Waals surface area contributed by atoms with E-state index in [9.17, 15) is 4.79 Å². The van der Waals surface area contributed by atoms with Crippen molar-refractivity contribution in [2.45, 2.75) is 46.4 Å². The van der Waals surface area contributed by atoms with Crippen molar-refractivity contribution in [2.75, 3.05) is 13.1 Å². The van der Waals surface area contributed by atoms with E-state index in [1.807, 2.05) is 20.8 Å². The van der Waals surface area contributed by atoms with Gasteiger partial charge in [-0.1, -0.05) is 6.92 Å². The molecule has 0 aromatic rings. The fourth-order valence-electron chi connectivity index (χ4n) is 1.54. The predicted octanol–water partition coefficient (Wildman–Crippen LogP) is 0.873. The Kier molecular flexibility index (Phi) is 4.11. The highest BCUT2D eigenvalue weighted by Crippen LogP contribution is 2.18. The first kappa shape index (κ1) is 12.5. The number of ether oxygens (including phenoxy) is 1. The van der Waals surface area contributed by atoms with Gasteiger partial charge in [0.2, 0.25) is 0 Å². The topological polar surface area (TPSA) is 50.4 Å². The molecule has 1 heterocycles. The van der Waals surface area contributed by atoms with Crippen LogP contribution in [-0.2, 0) is 9.53 Å². The van der Waals surface area contributed by atoms with Gasteiger partial charge in [-0.3, -0.25) is 10.1 Å². The molecule has 1 rings (SSSR count). The lowest BCUT2D eigenvalue weighted by molar-refractivity contribution is -0.159. The van der Waals surface area contributed by atoms with E-state index in [1.165, 1.54) is 0 Å². The van der Waals surface area contributed by atoms with Crippen molar-refractivity contribution in [2.24, 2.45) is 5.41 Å². The third-order valence-electron chi connectivity index (χ3n) is 2.44. The summed E-state index contributed by atoms with van der Waals surface area (Å²) in [6, 6.07) is 0.424. The summed E-state index contributed by atoms with van der Waals surface area (Å²) in [6.45, 7) is 9.50. The summed E-state index contributed by atoms with van der Waals surface area (Å²) < 4.78 is 5.36. The smallest absolute Gasteiger partial charge is 0.312 e. The van der Waals surface area contributed by atoms with Crippen molar-refractivity contribution in [3.63, 3.8) is 0 Å². The Hall–Kier alpha value is -0.610. The van der Waals surface area contributed by atoms with Gasteiger partial charge in [0.05, 0.1) is 5.41 Å². The Labute approximate surface area is 91.8 Å². The Bertz CT molecular complexity index is 223. The van der Waals surface area contributed by atoms with Gasteiger partial charge in [0, 0.05) is 19.0 Å². The molecule has 15 heavy (non-hydrogen) atoms. The van der Waals surface area contributed by atoms with Crippen LogP contribution in [0.15, 0.2) is 0 Å². The van der Waals surface area contributed by atoms with Crippen LogP contribution in [0, 0.1) is 5.41 Å². The number of hydrogen-bond acceptors (Lipinski definition) is 4. The lowest BCUT2D eigenvalue weighted by Crippen LogP contribution is -2.33. The van der Waals surface area contributed by atoms with E-state index in [2.05, 4.69) is 17.6 Å². The average molecular weight is 214 g/mol. The van der Waals surface area contributed by atoms with Gasteiger partial charge in [0.15, 0.2) is 6.23 Å². The molecule has 1 aliphatic heterocycles. The molecule has 0 spiro atoms. The second kappa shape index (κ2) is 4.94. The standard InChI is InChI=1S/C11H22N2O2/c1-5-12-8-6-9(13-7-8)15-10(14)11(2,3)4/h8-9,12-13H,5-7H2,1-4H3/t8-,9?/m1/s1. The Morgan fingerprint density at radius 3 is 2.73 bits per heavy atom. The Morgan fingerprint density at radius 2 is 2.20 bits per heavy atom. The van der Waals surface area contributed by atoms with Gasteiger partial charge >= 0.3 is 5.97 Å². The number of nitrogens with one attached hydrogen (secondary N) is 2. The van der Waals surface area contributed by atoms with Gasteiger partial charge in [-0.05, 0) is 27.3 Å². The minimum Gasteiger partial charge on any atom is -0.446 e. The highest BCUT2D eigenvalue weighted by molar-refractivity contribution is 5.75. The van der Waals surface area contributed by atoms with Gasteiger partial charge in [0.1, 0.15) is 0 Å². The normalized spacial score (nSPS) is 26.7. The van der Waals surface area contributed by atoms with Crippen molar-refractivity contribution >= 4 is 5.97 Å². The molecular weight excluding hydrogens is 192 g/mol. The van der Waals surface area contributed by atoms with Gasteiger partial charge in [-0.2, -0.15) is 0 Å². The number of carbonyl (C=O) groups is 1. The largest absolute Gasteiger partial charge is 0.446 e. The van der Waals surface area contributed by atoms with Gasteiger partial charge in [0.25, 0.3) is 0 Å². The second-order valence-electron chi connectivity index (χ2n) is 5.04. The van der Waals surface area contributed by atoms with Crippen LogP contribution in [0.1, 0.15) is 34.1 Å². The van der Waals surface area contributed by atoms with E-state index in [-0.39, 0.29) is 12.2 Å². The first-order valence-corrected chi connectivity index (χ1v) is 5.61. The lowest BCUT2D eigenvalue weighted by atomic mass is 9.97. The quantitative estimate of drug-likeness (QED) is 0.685. The van der Waals surface area contributed by atoms with E-state index in [0.717, 1.165) is 19.5 Å². The summed E-state index contributed by atoms with van der Waals surface area (Å²) in [5.41, 5.74) is -0.419. The van der Waals surface area contributed by atoms with Gasteiger partial charge in [-0.25, -0.2) is 0 Å².